The van der Waals surface area contributed by atoms with E-state index in [0.717, 1.165) is 65.3 Å². The van der Waals surface area contributed by atoms with Crippen molar-refractivity contribution in [1.82, 2.24) is 19.6 Å². The SMILES string of the molecule is Cc1noc(C)c1-c1ccc2c(c1)nc(C1CCOC(=O)N1c1ccc(F)c(F)c1)n2[C@H]1CCN(C)C1. The number of aryl methyl sites for hydroxylation is 2. The predicted octanol–water partition coefficient (Wildman–Crippen LogP) is 5.55. The number of nitrogens with zero attached hydrogens (tertiary/aromatic N) is 5. The molecule has 0 N–H and O–H groups in total. The largest absolute Gasteiger partial charge is 0.449 e. The van der Waals surface area contributed by atoms with Crippen LogP contribution in [0.2, 0.25) is 0 Å². The van der Waals surface area contributed by atoms with E-state index in [4.69, 9.17) is 14.2 Å². The van der Waals surface area contributed by atoms with E-state index in [1.807, 2.05) is 26.0 Å². The Morgan fingerprint density at radius 2 is 1.89 bits per heavy atom. The van der Waals surface area contributed by atoms with E-state index in [-0.39, 0.29) is 18.3 Å². The van der Waals surface area contributed by atoms with Crippen LogP contribution in [0.15, 0.2) is 40.9 Å². The normalized spacial score (nSPS) is 20.7. The van der Waals surface area contributed by atoms with Gasteiger partial charge in [-0.25, -0.2) is 18.6 Å². The number of amides is 1. The molecule has 2 aliphatic rings. The summed E-state index contributed by atoms with van der Waals surface area (Å²) in [4.78, 5) is 21.7. The van der Waals surface area contributed by atoms with Gasteiger partial charge in [0.1, 0.15) is 17.6 Å². The van der Waals surface area contributed by atoms with Crippen molar-refractivity contribution in [2.24, 2.45) is 0 Å². The molecular formula is C27H27F2N5O3. The molecule has 2 aromatic carbocycles. The van der Waals surface area contributed by atoms with Crippen molar-refractivity contribution in [3.8, 4) is 11.1 Å². The van der Waals surface area contributed by atoms with Crippen LogP contribution < -0.4 is 4.90 Å². The van der Waals surface area contributed by atoms with Crippen LogP contribution in [0.25, 0.3) is 22.2 Å². The Kier molecular flexibility index (Phi) is 5.71. The minimum atomic E-state index is -1.02. The third-order valence-corrected chi connectivity index (χ3v) is 7.38. The summed E-state index contributed by atoms with van der Waals surface area (Å²) in [5.41, 5.74) is 4.65. The molecular weight excluding hydrogens is 480 g/mol. The molecule has 2 aromatic heterocycles. The van der Waals surface area contributed by atoms with Gasteiger partial charge in [-0.05, 0) is 63.7 Å². The summed E-state index contributed by atoms with van der Waals surface area (Å²) in [5, 5.41) is 4.08. The number of likely N-dealkylation sites (N-methyl/N-ethyl adjacent to an activating group) is 1. The summed E-state index contributed by atoms with van der Waals surface area (Å²) in [7, 11) is 2.08. The van der Waals surface area contributed by atoms with Gasteiger partial charge in [-0.3, -0.25) is 4.90 Å². The summed E-state index contributed by atoms with van der Waals surface area (Å²) in [6.07, 6.45) is 0.789. The second-order valence-corrected chi connectivity index (χ2v) is 9.83. The number of carbonyl (C=O) groups excluding carboxylic acids is 1. The Hall–Kier alpha value is -3.79. The molecule has 10 heteroatoms. The molecule has 4 aromatic rings. The molecule has 4 heterocycles. The Bertz CT molecular complexity index is 1490. The van der Waals surface area contributed by atoms with Gasteiger partial charge in [0, 0.05) is 30.6 Å². The number of fused-ring (bicyclic) bond motifs is 1. The quantitative estimate of drug-likeness (QED) is 0.361. The van der Waals surface area contributed by atoms with E-state index in [1.54, 1.807) is 0 Å². The van der Waals surface area contributed by atoms with Crippen LogP contribution in [-0.2, 0) is 4.74 Å². The number of rotatable bonds is 4. The maximum atomic E-state index is 14.2. The molecule has 0 aliphatic carbocycles. The minimum absolute atomic E-state index is 0.152. The molecule has 0 radical (unpaired) electrons. The second kappa shape index (κ2) is 8.95. The first-order valence-corrected chi connectivity index (χ1v) is 12.4. The van der Waals surface area contributed by atoms with Gasteiger partial charge in [-0.2, -0.15) is 0 Å². The van der Waals surface area contributed by atoms with Crippen molar-refractivity contribution in [2.75, 3.05) is 31.6 Å². The van der Waals surface area contributed by atoms with Crippen molar-refractivity contribution in [3.05, 3.63) is 65.3 Å². The number of imidazole rings is 1. The molecule has 2 aliphatic heterocycles. The molecule has 192 valence electrons. The molecule has 1 unspecified atom stereocenters. The fourth-order valence-electron chi connectivity index (χ4n) is 5.66. The predicted molar refractivity (Wildman–Crippen MR) is 133 cm³/mol. The number of benzene rings is 2. The third-order valence-electron chi connectivity index (χ3n) is 7.38. The van der Waals surface area contributed by atoms with E-state index in [2.05, 4.69) is 27.7 Å². The van der Waals surface area contributed by atoms with Crippen LogP contribution in [0.3, 0.4) is 0 Å². The maximum absolute atomic E-state index is 14.2. The Morgan fingerprint density at radius 3 is 2.59 bits per heavy atom. The van der Waals surface area contributed by atoms with E-state index in [9.17, 15) is 13.6 Å². The van der Waals surface area contributed by atoms with Gasteiger partial charge in [-0.15, -0.1) is 0 Å². The average molecular weight is 508 g/mol. The van der Waals surface area contributed by atoms with Gasteiger partial charge < -0.3 is 18.7 Å². The highest BCUT2D eigenvalue weighted by atomic mass is 19.2. The first kappa shape index (κ1) is 23.6. The molecule has 0 saturated carbocycles. The zero-order valence-electron chi connectivity index (χ0n) is 20.9. The summed E-state index contributed by atoms with van der Waals surface area (Å²) >= 11 is 0. The Balaban J connectivity index is 1.52. The lowest BCUT2D eigenvalue weighted by atomic mass is 10.0. The van der Waals surface area contributed by atoms with Crippen LogP contribution in [0.1, 0.15) is 42.2 Å². The van der Waals surface area contributed by atoms with E-state index >= 15 is 0 Å². The number of cyclic esters (lactones) is 1. The summed E-state index contributed by atoms with van der Waals surface area (Å²) < 4.78 is 40.8. The van der Waals surface area contributed by atoms with Gasteiger partial charge in [0.15, 0.2) is 11.6 Å². The van der Waals surface area contributed by atoms with Gasteiger partial charge in [0.05, 0.1) is 29.0 Å². The van der Waals surface area contributed by atoms with E-state index < -0.39 is 23.8 Å². The number of hydrogen-bond acceptors (Lipinski definition) is 6. The van der Waals surface area contributed by atoms with Crippen LogP contribution in [0.4, 0.5) is 19.3 Å². The lowest BCUT2D eigenvalue weighted by Gasteiger charge is -2.35. The number of aromatic nitrogens is 3. The number of ether oxygens (including phenoxy) is 1. The summed E-state index contributed by atoms with van der Waals surface area (Å²) in [6, 6.07) is 9.20. The van der Waals surface area contributed by atoms with E-state index in [1.165, 1.54) is 11.0 Å². The first-order valence-electron chi connectivity index (χ1n) is 12.4. The Morgan fingerprint density at radius 1 is 1.05 bits per heavy atom. The van der Waals surface area contributed by atoms with Crippen molar-refractivity contribution >= 4 is 22.8 Å². The zero-order chi connectivity index (χ0) is 25.8. The highest BCUT2D eigenvalue weighted by Crippen LogP contribution is 2.39. The van der Waals surface area contributed by atoms with Gasteiger partial charge in [-0.1, -0.05) is 11.2 Å². The number of hydrogen-bond donors (Lipinski definition) is 0. The summed E-state index contributed by atoms with van der Waals surface area (Å²) in [5.74, 6) is -0.565. The van der Waals surface area contributed by atoms with Gasteiger partial charge >= 0.3 is 6.09 Å². The lowest BCUT2D eigenvalue weighted by Crippen LogP contribution is -2.42. The molecule has 0 spiro atoms. The van der Waals surface area contributed by atoms with Crippen LogP contribution >= 0.6 is 0 Å². The van der Waals surface area contributed by atoms with Crippen LogP contribution in [0.5, 0.6) is 0 Å². The van der Waals surface area contributed by atoms with Gasteiger partial charge in [0.25, 0.3) is 0 Å². The van der Waals surface area contributed by atoms with Crippen molar-refractivity contribution in [1.29, 1.82) is 0 Å². The number of anilines is 1. The van der Waals surface area contributed by atoms with Crippen molar-refractivity contribution in [3.63, 3.8) is 0 Å². The Labute approximate surface area is 212 Å². The minimum Gasteiger partial charge on any atom is -0.449 e. The topological polar surface area (TPSA) is 76.6 Å². The fourth-order valence-corrected chi connectivity index (χ4v) is 5.66. The molecule has 8 nitrogen and oxygen atoms in total. The van der Waals surface area contributed by atoms with E-state index in [0.29, 0.717) is 12.2 Å². The molecule has 6 rings (SSSR count). The highest BCUT2D eigenvalue weighted by Gasteiger charge is 2.38. The number of likely N-dealkylation sites (tertiary alicyclic amines) is 1. The molecule has 37 heavy (non-hydrogen) atoms. The molecule has 0 bridgehead atoms. The number of carbonyl (C=O) groups is 1. The standard InChI is InChI=1S/C27H27F2N5O3/c1-15-25(16(2)37-31-15)17-4-7-23-22(12-17)30-26(33(23)19-8-10-32(3)14-19)24-9-11-36-27(35)34(24)18-5-6-20(28)21(29)13-18/h4-7,12-13,19,24H,8-11,14H2,1-3H3/t19-,24?/m0/s1. The number of halogens is 2. The van der Waals surface area contributed by atoms with Gasteiger partial charge in [0.2, 0.25) is 0 Å². The van der Waals surface area contributed by atoms with Crippen LogP contribution in [0, 0.1) is 25.5 Å². The maximum Gasteiger partial charge on any atom is 0.414 e. The molecule has 2 atom stereocenters. The second-order valence-electron chi connectivity index (χ2n) is 9.83. The highest BCUT2D eigenvalue weighted by molar-refractivity contribution is 5.90. The van der Waals surface area contributed by atoms with Crippen molar-refractivity contribution in [2.45, 2.75) is 38.8 Å². The lowest BCUT2D eigenvalue weighted by molar-refractivity contribution is 0.127. The summed E-state index contributed by atoms with van der Waals surface area (Å²) in [6.45, 7) is 5.78. The monoisotopic (exact) mass is 507 g/mol. The zero-order valence-corrected chi connectivity index (χ0v) is 20.9. The first-order chi connectivity index (χ1) is 17.8. The smallest absolute Gasteiger partial charge is 0.414 e. The molecule has 2 saturated heterocycles. The van der Waals surface area contributed by atoms with Crippen LogP contribution in [-0.4, -0.2) is 52.4 Å². The molecule has 1 amide bonds. The average Bonchev–Trinajstić information content (AvgIpc) is 3.56. The molecule has 2 fully saturated rings. The third kappa shape index (κ3) is 3.96. The fraction of sp³-hybridized carbons (Fsp3) is 0.370. The van der Waals surface area contributed by atoms with Crippen molar-refractivity contribution < 1.29 is 22.8 Å².